The summed E-state index contributed by atoms with van der Waals surface area (Å²) in [6, 6.07) is 71.0. The second-order valence-electron chi connectivity index (χ2n) is 14.1. The van der Waals surface area contributed by atoms with Crippen LogP contribution in [-0.4, -0.2) is 0 Å². The minimum Gasteiger partial charge on any atom is -0.456 e. The van der Waals surface area contributed by atoms with E-state index in [9.17, 15) is 0 Å². The van der Waals surface area contributed by atoms with E-state index < -0.39 is 0 Å². The van der Waals surface area contributed by atoms with E-state index >= 15 is 0 Å². The average molecular weight is 704 g/mol. The second-order valence-corrected chi connectivity index (χ2v) is 14.1. The van der Waals surface area contributed by atoms with Crippen molar-refractivity contribution in [1.29, 1.82) is 0 Å². The average Bonchev–Trinajstić information content (AvgIpc) is 3.84. The molecule has 258 valence electrons. The lowest BCUT2D eigenvalue weighted by Gasteiger charge is -2.26. The molecule has 0 unspecified atom stereocenters. The van der Waals surface area contributed by atoms with Crippen LogP contribution in [0.25, 0.3) is 88.0 Å². The Balaban J connectivity index is 0.979. The summed E-state index contributed by atoms with van der Waals surface area (Å²) in [6.45, 7) is 0. The highest BCUT2D eigenvalue weighted by Crippen LogP contribution is 2.41. The second kappa shape index (κ2) is 12.6. The third-order valence-corrected chi connectivity index (χ3v) is 10.9. The molecule has 11 aromatic rings. The molecule has 3 nitrogen and oxygen atoms in total. The fourth-order valence-corrected chi connectivity index (χ4v) is 8.22. The minimum absolute atomic E-state index is 0.901. The molecule has 9 aromatic carbocycles. The molecule has 0 atom stereocenters. The number of fused-ring (bicyclic) bond motifs is 8. The maximum Gasteiger partial charge on any atom is 0.136 e. The Morgan fingerprint density at radius 2 is 0.782 bits per heavy atom. The molecule has 0 aliphatic rings. The van der Waals surface area contributed by atoms with E-state index in [1.165, 1.54) is 32.8 Å². The van der Waals surface area contributed by atoms with Crippen LogP contribution in [0.3, 0.4) is 0 Å². The largest absolute Gasteiger partial charge is 0.456 e. The summed E-state index contributed by atoms with van der Waals surface area (Å²) in [5.41, 5.74) is 13.9. The van der Waals surface area contributed by atoms with E-state index in [1.807, 2.05) is 24.3 Å². The number of hydrogen-bond donors (Lipinski definition) is 0. The summed E-state index contributed by atoms with van der Waals surface area (Å²) in [4.78, 5) is 2.33. The maximum atomic E-state index is 6.21. The van der Waals surface area contributed by atoms with Gasteiger partial charge in [0.15, 0.2) is 0 Å². The van der Waals surface area contributed by atoms with Gasteiger partial charge in [0.2, 0.25) is 0 Å². The first-order valence-corrected chi connectivity index (χ1v) is 18.7. The van der Waals surface area contributed by atoms with Gasteiger partial charge in [0.05, 0.1) is 0 Å². The first kappa shape index (κ1) is 31.2. The van der Waals surface area contributed by atoms with E-state index in [2.05, 4.69) is 181 Å². The highest BCUT2D eigenvalue weighted by molar-refractivity contribution is 6.19. The Labute approximate surface area is 317 Å². The van der Waals surface area contributed by atoms with Crippen molar-refractivity contribution < 1.29 is 8.83 Å². The van der Waals surface area contributed by atoms with Gasteiger partial charge in [0.1, 0.15) is 22.3 Å². The highest BCUT2D eigenvalue weighted by Gasteiger charge is 2.17. The van der Waals surface area contributed by atoms with Crippen molar-refractivity contribution in [3.63, 3.8) is 0 Å². The lowest BCUT2D eigenvalue weighted by atomic mass is 9.98. The number of para-hydroxylation sites is 2. The number of nitrogens with zero attached hydrogens (tertiary/aromatic N) is 1. The molecule has 0 N–H and O–H groups in total. The van der Waals surface area contributed by atoms with Crippen molar-refractivity contribution in [3.05, 3.63) is 200 Å². The first-order valence-electron chi connectivity index (χ1n) is 18.7. The van der Waals surface area contributed by atoms with Crippen molar-refractivity contribution in [2.24, 2.45) is 0 Å². The normalized spacial score (nSPS) is 11.6. The topological polar surface area (TPSA) is 29.5 Å². The summed E-state index contributed by atoms with van der Waals surface area (Å²) in [7, 11) is 0. The van der Waals surface area contributed by atoms with Crippen LogP contribution >= 0.6 is 0 Å². The minimum atomic E-state index is 0.901. The van der Waals surface area contributed by atoms with Crippen LogP contribution in [0, 0.1) is 0 Å². The Kier molecular flexibility index (Phi) is 7.17. The van der Waals surface area contributed by atoms with Gasteiger partial charge in [0.25, 0.3) is 0 Å². The quantitative estimate of drug-likeness (QED) is 0.173. The Hall–Kier alpha value is -7.36. The van der Waals surface area contributed by atoms with Crippen molar-refractivity contribution in [2.45, 2.75) is 0 Å². The Bertz CT molecular complexity index is 3170. The zero-order valence-corrected chi connectivity index (χ0v) is 29.8. The Morgan fingerprint density at radius 3 is 1.44 bits per heavy atom. The first-order chi connectivity index (χ1) is 27.2. The van der Waals surface area contributed by atoms with E-state index in [4.69, 9.17) is 8.83 Å². The van der Waals surface area contributed by atoms with Gasteiger partial charge in [-0.3, -0.25) is 0 Å². The molecule has 2 heterocycles. The van der Waals surface area contributed by atoms with Crippen LogP contribution in [-0.2, 0) is 0 Å². The van der Waals surface area contributed by atoms with E-state index in [0.717, 1.165) is 72.2 Å². The lowest BCUT2D eigenvalue weighted by Crippen LogP contribution is -2.09. The fourth-order valence-electron chi connectivity index (χ4n) is 8.22. The molecular formula is C52H33NO2. The van der Waals surface area contributed by atoms with Gasteiger partial charge in [-0.05, 0) is 111 Å². The van der Waals surface area contributed by atoms with Crippen molar-refractivity contribution in [3.8, 4) is 33.4 Å². The molecule has 0 amide bonds. The Morgan fingerprint density at radius 1 is 0.291 bits per heavy atom. The monoisotopic (exact) mass is 703 g/mol. The molecule has 0 bridgehead atoms. The summed E-state index contributed by atoms with van der Waals surface area (Å²) in [5, 5.41) is 6.99. The SMILES string of the molecule is c1ccc(-c2ccc(N(c3ccc(-c4ccc5c(ccc6oc7ccccc7c65)c4)cc3)c3ccc(-c4cccc5oc6ccccc6c45)cc3)cc2)cc1. The van der Waals surface area contributed by atoms with E-state index in [-0.39, 0.29) is 0 Å². The molecule has 0 saturated heterocycles. The van der Waals surface area contributed by atoms with Crippen LogP contribution in [0.15, 0.2) is 209 Å². The third-order valence-electron chi connectivity index (χ3n) is 10.9. The summed E-state index contributed by atoms with van der Waals surface area (Å²) < 4.78 is 12.4. The zero-order chi connectivity index (χ0) is 36.3. The van der Waals surface area contributed by atoms with Crippen LogP contribution in [0.5, 0.6) is 0 Å². The molecule has 0 radical (unpaired) electrons. The van der Waals surface area contributed by atoms with Gasteiger partial charge in [0, 0.05) is 38.6 Å². The standard InChI is InChI=1S/C52H33NO2/c1-2-9-34(10-3-1)35-17-25-40(26-18-35)53(42-29-21-37(22-30-42)43-13-8-16-49-51(43)45-11-4-6-14-47(45)54-49)41-27-19-36(20-28-41)38-23-31-44-39(33-38)24-32-50-52(44)46-12-5-7-15-48(46)55-50/h1-33H. The van der Waals surface area contributed by atoms with Gasteiger partial charge in [-0.15, -0.1) is 0 Å². The van der Waals surface area contributed by atoms with E-state index in [1.54, 1.807) is 0 Å². The predicted molar refractivity (Wildman–Crippen MR) is 229 cm³/mol. The van der Waals surface area contributed by atoms with Crippen LogP contribution in [0.1, 0.15) is 0 Å². The smallest absolute Gasteiger partial charge is 0.136 e. The van der Waals surface area contributed by atoms with Crippen LogP contribution < -0.4 is 4.90 Å². The summed E-state index contributed by atoms with van der Waals surface area (Å²) in [6.07, 6.45) is 0. The summed E-state index contributed by atoms with van der Waals surface area (Å²) in [5.74, 6) is 0. The molecule has 55 heavy (non-hydrogen) atoms. The maximum absolute atomic E-state index is 6.21. The number of anilines is 3. The molecule has 0 fully saturated rings. The molecule has 11 rings (SSSR count). The van der Waals surface area contributed by atoms with Gasteiger partial charge in [-0.25, -0.2) is 0 Å². The van der Waals surface area contributed by atoms with Gasteiger partial charge in [-0.2, -0.15) is 0 Å². The van der Waals surface area contributed by atoms with Gasteiger partial charge in [-0.1, -0.05) is 133 Å². The molecule has 3 heteroatoms. The zero-order valence-electron chi connectivity index (χ0n) is 29.8. The molecular weight excluding hydrogens is 671 g/mol. The molecule has 0 spiro atoms. The van der Waals surface area contributed by atoms with Gasteiger partial charge < -0.3 is 13.7 Å². The molecule has 0 aliphatic carbocycles. The lowest BCUT2D eigenvalue weighted by molar-refractivity contribution is 0.668. The van der Waals surface area contributed by atoms with Crippen LogP contribution in [0.2, 0.25) is 0 Å². The number of furan rings is 2. The number of benzene rings is 9. The van der Waals surface area contributed by atoms with Gasteiger partial charge >= 0.3 is 0 Å². The van der Waals surface area contributed by atoms with E-state index in [0.29, 0.717) is 0 Å². The molecule has 0 saturated carbocycles. The molecule has 2 aromatic heterocycles. The fraction of sp³-hybridized carbons (Fsp3) is 0. The summed E-state index contributed by atoms with van der Waals surface area (Å²) >= 11 is 0. The van der Waals surface area contributed by atoms with Crippen molar-refractivity contribution in [2.75, 3.05) is 4.90 Å². The predicted octanol–water partition coefficient (Wildman–Crippen LogP) is 15.1. The highest BCUT2D eigenvalue weighted by atomic mass is 16.3. The molecule has 0 aliphatic heterocycles. The van der Waals surface area contributed by atoms with Crippen molar-refractivity contribution >= 4 is 71.7 Å². The van der Waals surface area contributed by atoms with Crippen LogP contribution in [0.4, 0.5) is 17.1 Å². The number of hydrogen-bond acceptors (Lipinski definition) is 3. The van der Waals surface area contributed by atoms with Crippen molar-refractivity contribution in [1.82, 2.24) is 0 Å². The third kappa shape index (κ3) is 5.28. The number of rotatable bonds is 6.